The number of rotatable bonds is 2. The number of hydrogen-bond donors (Lipinski definition) is 1. The Bertz CT molecular complexity index is 683. The fraction of sp³-hybridized carbons (Fsp3) is 0.444. The zero-order valence-corrected chi connectivity index (χ0v) is 13.6. The zero-order valence-electron chi connectivity index (χ0n) is 12.8. The standard InChI is InChI=1S/C18H22N2S/c1-12(2)13-8-10-14(11-9-13)17-19-16-7-5-3-4-6-15(16)18(21)20-17/h8-12H,3-7H2,1-2H3,(H,19,20,21). The topological polar surface area (TPSA) is 28.7 Å². The second-order valence-electron chi connectivity index (χ2n) is 6.19. The highest BCUT2D eigenvalue weighted by atomic mass is 32.1. The maximum atomic E-state index is 5.52. The third-order valence-corrected chi connectivity index (χ3v) is 4.65. The Morgan fingerprint density at radius 3 is 2.48 bits per heavy atom. The van der Waals surface area contributed by atoms with Gasteiger partial charge in [-0.1, -0.05) is 56.8 Å². The van der Waals surface area contributed by atoms with Crippen LogP contribution in [0.15, 0.2) is 24.3 Å². The molecule has 0 aliphatic heterocycles. The van der Waals surface area contributed by atoms with Gasteiger partial charge in [0.2, 0.25) is 0 Å². The van der Waals surface area contributed by atoms with Crippen LogP contribution in [0.5, 0.6) is 0 Å². The molecule has 21 heavy (non-hydrogen) atoms. The summed E-state index contributed by atoms with van der Waals surface area (Å²) in [6.07, 6.45) is 5.93. The van der Waals surface area contributed by atoms with E-state index in [9.17, 15) is 0 Å². The number of aryl methyl sites for hydroxylation is 1. The molecule has 1 aliphatic carbocycles. The molecule has 2 aromatic rings. The van der Waals surface area contributed by atoms with Crippen LogP contribution in [0.3, 0.4) is 0 Å². The molecule has 1 aliphatic rings. The van der Waals surface area contributed by atoms with Crippen molar-refractivity contribution >= 4 is 12.2 Å². The SMILES string of the molecule is CC(C)c1ccc(-c2nc(=S)c3c([nH]2)CCCCC3)cc1. The molecule has 1 aromatic heterocycles. The molecular weight excluding hydrogens is 276 g/mol. The van der Waals surface area contributed by atoms with Gasteiger partial charge in [-0.2, -0.15) is 0 Å². The quantitative estimate of drug-likeness (QED) is 0.610. The molecule has 1 heterocycles. The first kappa shape index (κ1) is 14.5. The van der Waals surface area contributed by atoms with Gasteiger partial charge in [-0.15, -0.1) is 0 Å². The first-order valence-electron chi connectivity index (χ1n) is 7.87. The van der Waals surface area contributed by atoms with Gasteiger partial charge in [0.25, 0.3) is 0 Å². The number of aromatic amines is 1. The maximum Gasteiger partial charge on any atom is 0.139 e. The molecule has 0 atom stereocenters. The molecule has 2 nitrogen and oxygen atoms in total. The number of nitrogens with one attached hydrogen (secondary N) is 1. The van der Waals surface area contributed by atoms with E-state index in [1.807, 2.05) is 0 Å². The van der Waals surface area contributed by atoms with E-state index in [2.05, 4.69) is 48.1 Å². The van der Waals surface area contributed by atoms with Crippen LogP contribution < -0.4 is 0 Å². The van der Waals surface area contributed by atoms with Crippen molar-refractivity contribution in [2.45, 2.75) is 51.9 Å². The molecular formula is C18H22N2S. The largest absolute Gasteiger partial charge is 0.343 e. The Kier molecular flexibility index (Phi) is 4.20. The van der Waals surface area contributed by atoms with Gasteiger partial charge in [-0.05, 0) is 37.2 Å². The lowest BCUT2D eigenvalue weighted by molar-refractivity contribution is 0.708. The molecule has 0 radical (unpaired) electrons. The lowest BCUT2D eigenvalue weighted by Crippen LogP contribution is -2.02. The van der Waals surface area contributed by atoms with Crippen LogP contribution in [0.1, 0.15) is 55.8 Å². The van der Waals surface area contributed by atoms with Crippen molar-refractivity contribution in [3.8, 4) is 11.4 Å². The molecule has 3 heteroatoms. The Hall–Kier alpha value is -1.48. The average molecular weight is 298 g/mol. The zero-order chi connectivity index (χ0) is 14.8. The van der Waals surface area contributed by atoms with E-state index in [4.69, 9.17) is 12.2 Å². The number of nitrogens with zero attached hydrogens (tertiary/aromatic N) is 1. The lowest BCUT2D eigenvalue weighted by Gasteiger charge is -2.11. The van der Waals surface area contributed by atoms with Gasteiger partial charge in [0.05, 0.1) is 0 Å². The van der Waals surface area contributed by atoms with E-state index < -0.39 is 0 Å². The molecule has 0 saturated heterocycles. The summed E-state index contributed by atoms with van der Waals surface area (Å²) in [5.74, 6) is 1.47. The van der Waals surface area contributed by atoms with Crippen LogP contribution in [0.4, 0.5) is 0 Å². The van der Waals surface area contributed by atoms with Crippen LogP contribution in [-0.2, 0) is 12.8 Å². The highest BCUT2D eigenvalue weighted by molar-refractivity contribution is 7.71. The van der Waals surface area contributed by atoms with Gasteiger partial charge < -0.3 is 4.98 Å². The third-order valence-electron chi connectivity index (χ3n) is 4.31. The second kappa shape index (κ2) is 6.10. The van der Waals surface area contributed by atoms with Crippen LogP contribution in [0.25, 0.3) is 11.4 Å². The van der Waals surface area contributed by atoms with Gasteiger partial charge in [-0.25, -0.2) is 4.98 Å². The van der Waals surface area contributed by atoms with E-state index in [0.717, 1.165) is 28.9 Å². The van der Waals surface area contributed by atoms with Crippen molar-refractivity contribution in [3.63, 3.8) is 0 Å². The molecule has 0 unspecified atom stereocenters. The molecule has 110 valence electrons. The van der Waals surface area contributed by atoms with Crippen LogP contribution >= 0.6 is 12.2 Å². The van der Waals surface area contributed by atoms with E-state index in [1.165, 1.54) is 36.1 Å². The predicted octanol–water partition coefficient (Wildman–Crippen LogP) is 5.20. The molecule has 3 rings (SSSR count). The molecule has 1 aromatic carbocycles. The second-order valence-corrected chi connectivity index (χ2v) is 6.57. The summed E-state index contributed by atoms with van der Waals surface area (Å²) in [6.45, 7) is 4.42. The van der Waals surface area contributed by atoms with Gasteiger partial charge >= 0.3 is 0 Å². The highest BCUT2D eigenvalue weighted by Gasteiger charge is 2.13. The number of fused-ring (bicyclic) bond motifs is 1. The van der Waals surface area contributed by atoms with Gasteiger partial charge in [-0.3, -0.25) is 0 Å². The minimum Gasteiger partial charge on any atom is -0.343 e. The van der Waals surface area contributed by atoms with Crippen molar-refractivity contribution in [3.05, 3.63) is 45.7 Å². The van der Waals surface area contributed by atoms with Crippen molar-refractivity contribution in [2.24, 2.45) is 0 Å². The van der Waals surface area contributed by atoms with Gasteiger partial charge in [0.1, 0.15) is 10.5 Å². The Balaban J connectivity index is 2.01. The minimum absolute atomic E-state index is 0.553. The number of aromatic nitrogens is 2. The smallest absolute Gasteiger partial charge is 0.139 e. The summed E-state index contributed by atoms with van der Waals surface area (Å²) in [5.41, 5.74) is 5.05. The first-order valence-corrected chi connectivity index (χ1v) is 8.28. The van der Waals surface area contributed by atoms with Gasteiger partial charge in [0, 0.05) is 16.8 Å². The summed E-state index contributed by atoms with van der Waals surface area (Å²) in [4.78, 5) is 8.17. The summed E-state index contributed by atoms with van der Waals surface area (Å²) < 4.78 is 0.786. The fourth-order valence-electron chi connectivity index (χ4n) is 2.96. The van der Waals surface area contributed by atoms with Crippen molar-refractivity contribution in [2.75, 3.05) is 0 Å². The maximum absolute atomic E-state index is 5.52. The normalized spacial score (nSPS) is 14.8. The lowest BCUT2D eigenvalue weighted by atomic mass is 10.0. The predicted molar refractivity (Wildman–Crippen MR) is 90.2 cm³/mol. The van der Waals surface area contributed by atoms with Crippen molar-refractivity contribution in [1.29, 1.82) is 0 Å². The van der Waals surface area contributed by atoms with E-state index in [-0.39, 0.29) is 0 Å². The number of H-pyrrole nitrogens is 1. The molecule has 1 N–H and O–H groups in total. The highest BCUT2D eigenvalue weighted by Crippen LogP contribution is 2.24. The molecule has 0 spiro atoms. The Labute approximate surface area is 131 Å². The first-order chi connectivity index (χ1) is 10.1. The average Bonchev–Trinajstić information content (AvgIpc) is 2.73. The number of benzene rings is 1. The van der Waals surface area contributed by atoms with E-state index in [1.54, 1.807) is 0 Å². The Morgan fingerprint density at radius 1 is 1.05 bits per heavy atom. The van der Waals surface area contributed by atoms with E-state index in [0.29, 0.717) is 5.92 Å². The Morgan fingerprint density at radius 2 is 1.76 bits per heavy atom. The summed E-state index contributed by atoms with van der Waals surface area (Å²) in [6, 6.07) is 8.66. The van der Waals surface area contributed by atoms with Crippen LogP contribution in [-0.4, -0.2) is 9.97 Å². The van der Waals surface area contributed by atoms with Crippen molar-refractivity contribution in [1.82, 2.24) is 9.97 Å². The molecule has 0 saturated carbocycles. The van der Waals surface area contributed by atoms with Crippen LogP contribution in [0.2, 0.25) is 0 Å². The fourth-order valence-corrected chi connectivity index (χ4v) is 3.28. The number of hydrogen-bond acceptors (Lipinski definition) is 2. The van der Waals surface area contributed by atoms with E-state index >= 15 is 0 Å². The summed E-state index contributed by atoms with van der Waals surface area (Å²) in [5, 5.41) is 0. The van der Waals surface area contributed by atoms with Crippen molar-refractivity contribution < 1.29 is 0 Å². The van der Waals surface area contributed by atoms with Gasteiger partial charge in [0.15, 0.2) is 0 Å². The summed E-state index contributed by atoms with van der Waals surface area (Å²) >= 11 is 5.52. The summed E-state index contributed by atoms with van der Waals surface area (Å²) in [7, 11) is 0. The molecule has 0 amide bonds. The third kappa shape index (κ3) is 3.08. The molecule has 0 fully saturated rings. The monoisotopic (exact) mass is 298 g/mol. The van der Waals surface area contributed by atoms with Crippen LogP contribution in [0, 0.1) is 4.64 Å². The minimum atomic E-state index is 0.553. The molecule has 0 bridgehead atoms.